The van der Waals surface area contributed by atoms with E-state index in [-0.39, 0.29) is 29.3 Å². The second kappa shape index (κ2) is 8.86. The van der Waals surface area contributed by atoms with E-state index >= 15 is 0 Å². The molecule has 0 bridgehead atoms. The first kappa shape index (κ1) is 21.5. The van der Waals surface area contributed by atoms with Crippen molar-refractivity contribution in [2.75, 3.05) is 6.54 Å². The standard InChI is InChI=1S/C29H35NO2/c1-21-10-9-15-29(2)17-27-24(16-26(21)29)25(28(31)32-27)20-30(18-22-11-5-3-6-12-22)19-23-13-7-4-8-14-23/h3-8,11-14,16,21,24-25,27H,9-10,15,17-20H2,1-2H3/t21-,24+,25+,27-,29+/m1/s1. The lowest BCUT2D eigenvalue weighted by Crippen LogP contribution is -2.40. The smallest absolute Gasteiger partial charge is 0.311 e. The second-order valence-corrected chi connectivity index (χ2v) is 10.5. The highest BCUT2D eigenvalue weighted by molar-refractivity contribution is 5.76. The Morgan fingerprint density at radius 3 is 2.25 bits per heavy atom. The molecule has 3 nitrogen and oxygen atoms in total. The predicted octanol–water partition coefficient (Wildman–Crippen LogP) is 6.00. The number of esters is 1. The van der Waals surface area contributed by atoms with Crippen molar-refractivity contribution >= 4 is 5.97 Å². The number of rotatable bonds is 6. The molecule has 0 amide bonds. The number of carbonyl (C=O) groups is 1. The zero-order valence-electron chi connectivity index (χ0n) is 19.4. The molecule has 5 atom stereocenters. The van der Waals surface area contributed by atoms with Crippen molar-refractivity contribution in [3.8, 4) is 0 Å². The van der Waals surface area contributed by atoms with Gasteiger partial charge in [-0.3, -0.25) is 9.69 Å². The Morgan fingerprint density at radius 2 is 1.62 bits per heavy atom. The summed E-state index contributed by atoms with van der Waals surface area (Å²) in [5, 5.41) is 0. The van der Waals surface area contributed by atoms with Crippen molar-refractivity contribution in [3.63, 3.8) is 0 Å². The third-order valence-corrected chi connectivity index (χ3v) is 8.03. The van der Waals surface area contributed by atoms with E-state index in [9.17, 15) is 4.79 Å². The molecule has 1 aliphatic heterocycles. The first-order chi connectivity index (χ1) is 15.5. The minimum absolute atomic E-state index is 0.00197. The number of fused-ring (bicyclic) bond motifs is 2. The van der Waals surface area contributed by atoms with Crippen LogP contribution in [0.3, 0.4) is 0 Å². The molecule has 0 radical (unpaired) electrons. The highest BCUT2D eigenvalue weighted by Crippen LogP contribution is 2.54. The average Bonchev–Trinajstić information content (AvgIpc) is 3.07. The van der Waals surface area contributed by atoms with E-state index in [1.807, 2.05) is 0 Å². The van der Waals surface area contributed by atoms with Gasteiger partial charge in [0.05, 0.1) is 5.92 Å². The first-order valence-electron chi connectivity index (χ1n) is 12.2. The third-order valence-electron chi connectivity index (χ3n) is 8.03. The van der Waals surface area contributed by atoms with Crippen molar-refractivity contribution in [3.05, 3.63) is 83.4 Å². The van der Waals surface area contributed by atoms with Crippen molar-refractivity contribution in [1.29, 1.82) is 0 Å². The third kappa shape index (κ3) is 4.28. The zero-order valence-corrected chi connectivity index (χ0v) is 19.4. The molecular weight excluding hydrogens is 394 g/mol. The van der Waals surface area contributed by atoms with Crippen LogP contribution in [0.5, 0.6) is 0 Å². The van der Waals surface area contributed by atoms with E-state index < -0.39 is 0 Å². The quantitative estimate of drug-likeness (QED) is 0.416. The van der Waals surface area contributed by atoms with Gasteiger partial charge in [-0.15, -0.1) is 0 Å². The molecule has 1 heterocycles. The summed E-state index contributed by atoms with van der Waals surface area (Å²) in [5.74, 6) is 0.743. The lowest BCUT2D eigenvalue weighted by atomic mass is 9.59. The van der Waals surface area contributed by atoms with Gasteiger partial charge in [-0.1, -0.05) is 92.6 Å². The van der Waals surface area contributed by atoms with Crippen LogP contribution in [0.25, 0.3) is 0 Å². The Hall–Kier alpha value is -2.39. The molecule has 0 spiro atoms. The van der Waals surface area contributed by atoms with Gasteiger partial charge in [0.2, 0.25) is 0 Å². The van der Waals surface area contributed by atoms with Gasteiger partial charge in [-0.2, -0.15) is 0 Å². The lowest BCUT2D eigenvalue weighted by Gasteiger charge is -2.46. The molecule has 1 saturated carbocycles. The van der Waals surface area contributed by atoms with Crippen LogP contribution in [-0.4, -0.2) is 23.5 Å². The fourth-order valence-electron chi connectivity index (χ4n) is 6.41. The van der Waals surface area contributed by atoms with E-state index in [1.165, 1.54) is 30.4 Å². The van der Waals surface area contributed by atoms with Gasteiger partial charge in [0.15, 0.2) is 0 Å². The topological polar surface area (TPSA) is 29.5 Å². The molecule has 168 valence electrons. The predicted molar refractivity (Wildman–Crippen MR) is 128 cm³/mol. The van der Waals surface area contributed by atoms with Crippen molar-refractivity contribution in [1.82, 2.24) is 4.90 Å². The van der Waals surface area contributed by atoms with Crippen LogP contribution < -0.4 is 0 Å². The van der Waals surface area contributed by atoms with E-state index in [4.69, 9.17) is 4.74 Å². The summed E-state index contributed by atoms with van der Waals surface area (Å²) >= 11 is 0. The highest BCUT2D eigenvalue weighted by atomic mass is 16.6. The monoisotopic (exact) mass is 429 g/mol. The SMILES string of the molecule is C[C@@H]1CCC[C@@]2(C)C[C@H]3OC(=O)[C@@H](CN(Cc4ccccc4)Cc4ccccc4)[C@@H]3C=C12. The molecule has 2 aromatic carbocycles. The molecule has 2 fully saturated rings. The molecule has 32 heavy (non-hydrogen) atoms. The zero-order chi connectivity index (χ0) is 22.1. The summed E-state index contributed by atoms with van der Waals surface area (Å²) in [4.78, 5) is 15.5. The van der Waals surface area contributed by atoms with Gasteiger partial charge in [-0.25, -0.2) is 0 Å². The number of nitrogens with zero attached hydrogens (tertiary/aromatic N) is 1. The van der Waals surface area contributed by atoms with Crippen molar-refractivity contribution < 1.29 is 9.53 Å². The summed E-state index contributed by atoms with van der Waals surface area (Å²) in [6, 6.07) is 21.2. The van der Waals surface area contributed by atoms with Crippen LogP contribution in [0.1, 0.15) is 50.7 Å². The van der Waals surface area contributed by atoms with Crippen LogP contribution in [-0.2, 0) is 22.6 Å². The fourth-order valence-corrected chi connectivity index (χ4v) is 6.41. The van der Waals surface area contributed by atoms with Crippen molar-refractivity contribution in [2.24, 2.45) is 23.2 Å². The highest BCUT2D eigenvalue weighted by Gasteiger charge is 2.51. The van der Waals surface area contributed by atoms with Gasteiger partial charge < -0.3 is 4.74 Å². The van der Waals surface area contributed by atoms with Crippen LogP contribution in [0, 0.1) is 23.2 Å². The Kier molecular flexibility index (Phi) is 5.94. The fraction of sp³-hybridized carbons (Fsp3) is 0.483. The maximum Gasteiger partial charge on any atom is 0.311 e. The van der Waals surface area contributed by atoms with E-state index in [1.54, 1.807) is 5.57 Å². The van der Waals surface area contributed by atoms with Gasteiger partial charge >= 0.3 is 5.97 Å². The Bertz CT molecular complexity index is 928. The summed E-state index contributed by atoms with van der Waals surface area (Å²) in [5.41, 5.74) is 4.36. The van der Waals surface area contributed by atoms with Gasteiger partial charge in [0.1, 0.15) is 6.10 Å². The number of hydrogen-bond acceptors (Lipinski definition) is 3. The van der Waals surface area contributed by atoms with Crippen LogP contribution in [0.15, 0.2) is 72.3 Å². The van der Waals surface area contributed by atoms with Crippen LogP contribution >= 0.6 is 0 Å². The number of hydrogen-bond donors (Lipinski definition) is 0. The summed E-state index contributed by atoms with van der Waals surface area (Å²) < 4.78 is 6.02. The minimum atomic E-state index is -0.0846. The molecular formula is C29H35NO2. The van der Waals surface area contributed by atoms with E-state index in [0.717, 1.165) is 26.1 Å². The van der Waals surface area contributed by atoms with Gasteiger partial charge in [0, 0.05) is 25.6 Å². The summed E-state index contributed by atoms with van der Waals surface area (Å²) in [6.45, 7) is 7.16. The van der Waals surface area contributed by atoms with Gasteiger partial charge in [0.25, 0.3) is 0 Å². The molecule has 2 aromatic rings. The molecule has 3 heteroatoms. The molecule has 5 rings (SSSR count). The molecule has 0 aromatic heterocycles. The number of allylic oxidation sites excluding steroid dienone is 1. The van der Waals surface area contributed by atoms with E-state index in [0.29, 0.717) is 5.92 Å². The van der Waals surface area contributed by atoms with Gasteiger partial charge in [-0.05, 0) is 41.7 Å². The number of carbonyl (C=O) groups excluding carboxylic acids is 1. The molecule has 3 aliphatic rings. The first-order valence-corrected chi connectivity index (χ1v) is 12.2. The maximum absolute atomic E-state index is 13.1. The van der Waals surface area contributed by atoms with Crippen LogP contribution in [0.4, 0.5) is 0 Å². The lowest BCUT2D eigenvalue weighted by molar-refractivity contribution is -0.145. The molecule has 0 N–H and O–H groups in total. The summed E-state index contributed by atoms with van der Waals surface area (Å²) in [7, 11) is 0. The minimum Gasteiger partial charge on any atom is -0.461 e. The molecule has 2 aliphatic carbocycles. The maximum atomic E-state index is 13.1. The number of ether oxygens (including phenoxy) is 1. The average molecular weight is 430 g/mol. The largest absolute Gasteiger partial charge is 0.461 e. The Balaban J connectivity index is 1.40. The Labute approximate surface area is 192 Å². The molecule has 1 saturated heterocycles. The second-order valence-electron chi connectivity index (χ2n) is 10.5. The molecule has 0 unspecified atom stereocenters. The van der Waals surface area contributed by atoms with Crippen LogP contribution in [0.2, 0.25) is 0 Å². The van der Waals surface area contributed by atoms with Crippen molar-refractivity contribution in [2.45, 2.75) is 58.7 Å². The Morgan fingerprint density at radius 1 is 1.00 bits per heavy atom. The number of benzene rings is 2. The van der Waals surface area contributed by atoms with E-state index in [2.05, 4.69) is 85.5 Å². The normalized spacial score (nSPS) is 31.6. The summed E-state index contributed by atoms with van der Waals surface area (Å²) in [6.07, 6.45) is 7.28.